The summed E-state index contributed by atoms with van der Waals surface area (Å²) in [5.74, 6) is 2.27. The molecular formula is C19H25F3N4O3S. The van der Waals surface area contributed by atoms with E-state index in [0.717, 1.165) is 22.3 Å². The zero-order valence-corrected chi connectivity index (χ0v) is 18.0. The van der Waals surface area contributed by atoms with Crippen molar-refractivity contribution in [1.29, 1.82) is 0 Å². The Hall–Kier alpha value is -2.69. The molecule has 0 radical (unpaired) electrons. The zero-order valence-electron chi connectivity index (χ0n) is 17.2. The minimum Gasteiger partial charge on any atom is -0.496 e. The van der Waals surface area contributed by atoms with Crippen LogP contribution >= 0.6 is 11.3 Å². The van der Waals surface area contributed by atoms with E-state index < -0.39 is 11.9 Å². The van der Waals surface area contributed by atoms with Crippen molar-refractivity contribution < 1.29 is 27.4 Å². The predicted molar refractivity (Wildman–Crippen MR) is 110 cm³/mol. The molecule has 0 atom stereocenters. The van der Waals surface area contributed by atoms with Gasteiger partial charge in [-0.25, -0.2) is 9.98 Å². The van der Waals surface area contributed by atoms with Gasteiger partial charge in [0.25, 0.3) is 0 Å². The maximum Gasteiger partial charge on any atom is 0.434 e. The predicted octanol–water partition coefficient (Wildman–Crippen LogP) is 3.49. The molecule has 166 valence electrons. The van der Waals surface area contributed by atoms with Crippen molar-refractivity contribution in [2.75, 3.05) is 34.4 Å². The van der Waals surface area contributed by atoms with Crippen LogP contribution in [-0.4, -0.2) is 45.4 Å². The van der Waals surface area contributed by atoms with Gasteiger partial charge in [-0.2, -0.15) is 13.2 Å². The number of benzene rings is 1. The monoisotopic (exact) mass is 446 g/mol. The van der Waals surface area contributed by atoms with Crippen LogP contribution in [0.15, 0.2) is 22.5 Å². The van der Waals surface area contributed by atoms with Gasteiger partial charge in [0.15, 0.2) is 11.7 Å². The molecule has 0 bridgehead atoms. The zero-order chi connectivity index (χ0) is 22.1. The molecule has 1 aromatic carbocycles. The van der Waals surface area contributed by atoms with Gasteiger partial charge in [-0.3, -0.25) is 0 Å². The summed E-state index contributed by atoms with van der Waals surface area (Å²) in [7, 11) is 4.65. The van der Waals surface area contributed by atoms with Crippen molar-refractivity contribution >= 4 is 17.3 Å². The molecule has 0 spiro atoms. The Morgan fingerprint density at radius 2 is 1.77 bits per heavy atom. The second-order valence-electron chi connectivity index (χ2n) is 6.01. The van der Waals surface area contributed by atoms with E-state index >= 15 is 0 Å². The summed E-state index contributed by atoms with van der Waals surface area (Å²) in [6.07, 6.45) is -4.07. The summed E-state index contributed by atoms with van der Waals surface area (Å²) < 4.78 is 54.1. The average Bonchev–Trinajstić information content (AvgIpc) is 3.20. The third-order valence-electron chi connectivity index (χ3n) is 4.03. The van der Waals surface area contributed by atoms with Crippen molar-refractivity contribution in [3.05, 3.63) is 33.8 Å². The molecule has 2 rings (SSSR count). The van der Waals surface area contributed by atoms with Crippen LogP contribution in [-0.2, 0) is 19.1 Å². The maximum absolute atomic E-state index is 12.7. The van der Waals surface area contributed by atoms with Gasteiger partial charge in [0, 0.05) is 37.0 Å². The first-order valence-electron chi connectivity index (χ1n) is 9.15. The number of nitrogens with one attached hydrogen (secondary N) is 2. The molecule has 0 fully saturated rings. The van der Waals surface area contributed by atoms with E-state index in [0.29, 0.717) is 47.7 Å². The van der Waals surface area contributed by atoms with E-state index in [2.05, 4.69) is 20.6 Å². The lowest BCUT2D eigenvalue weighted by molar-refractivity contribution is -0.140. The van der Waals surface area contributed by atoms with E-state index in [1.165, 1.54) is 0 Å². The first kappa shape index (κ1) is 23.6. The van der Waals surface area contributed by atoms with Crippen LogP contribution in [0.5, 0.6) is 17.2 Å². The molecule has 0 aliphatic heterocycles. The van der Waals surface area contributed by atoms with Crippen LogP contribution in [0.25, 0.3) is 0 Å². The number of ether oxygens (including phenoxy) is 3. The van der Waals surface area contributed by atoms with E-state index in [-0.39, 0.29) is 6.54 Å². The van der Waals surface area contributed by atoms with Crippen molar-refractivity contribution in [2.45, 2.75) is 26.1 Å². The van der Waals surface area contributed by atoms with E-state index in [1.54, 1.807) is 33.5 Å². The summed E-state index contributed by atoms with van der Waals surface area (Å²) >= 11 is 0.989. The second-order valence-corrected chi connectivity index (χ2v) is 6.95. The van der Waals surface area contributed by atoms with Crippen molar-refractivity contribution in [3.63, 3.8) is 0 Å². The number of nitrogens with zero attached hydrogens (tertiary/aromatic N) is 2. The molecule has 0 saturated heterocycles. The van der Waals surface area contributed by atoms with E-state index in [1.807, 2.05) is 6.92 Å². The lowest BCUT2D eigenvalue weighted by Crippen LogP contribution is -2.38. The van der Waals surface area contributed by atoms with Gasteiger partial charge in [0.1, 0.15) is 17.2 Å². The van der Waals surface area contributed by atoms with Gasteiger partial charge >= 0.3 is 6.18 Å². The second kappa shape index (κ2) is 10.9. The summed E-state index contributed by atoms with van der Waals surface area (Å²) in [5.41, 5.74) is -0.116. The highest BCUT2D eigenvalue weighted by Gasteiger charge is 2.33. The Bertz CT molecular complexity index is 831. The number of halogens is 3. The molecule has 0 saturated carbocycles. The third kappa shape index (κ3) is 6.41. The summed E-state index contributed by atoms with van der Waals surface area (Å²) in [6, 6.07) is 3.49. The number of guanidine groups is 1. The maximum atomic E-state index is 12.7. The Labute approximate surface area is 177 Å². The SMILES string of the molecule is CCNC(=NCc1c(OC)cc(OC)cc1OC)NCCc1nc(C(F)(F)F)cs1. The van der Waals surface area contributed by atoms with Gasteiger partial charge in [0.05, 0.1) is 38.4 Å². The number of aromatic nitrogens is 1. The largest absolute Gasteiger partial charge is 0.496 e. The Balaban J connectivity index is 2.06. The molecular weight excluding hydrogens is 421 g/mol. The number of alkyl halides is 3. The molecule has 0 aliphatic carbocycles. The van der Waals surface area contributed by atoms with Crippen LogP contribution < -0.4 is 24.8 Å². The van der Waals surface area contributed by atoms with Crippen LogP contribution in [0, 0.1) is 0 Å². The normalized spacial score (nSPS) is 11.9. The van der Waals surface area contributed by atoms with Crippen LogP contribution in [0.4, 0.5) is 13.2 Å². The molecule has 2 aromatic rings. The van der Waals surface area contributed by atoms with E-state index in [4.69, 9.17) is 14.2 Å². The van der Waals surface area contributed by atoms with Crippen molar-refractivity contribution in [2.24, 2.45) is 4.99 Å². The Morgan fingerprint density at radius 3 is 2.27 bits per heavy atom. The minimum absolute atomic E-state index is 0.265. The van der Waals surface area contributed by atoms with Crippen LogP contribution in [0.1, 0.15) is 23.2 Å². The van der Waals surface area contributed by atoms with Crippen molar-refractivity contribution in [3.8, 4) is 17.2 Å². The lowest BCUT2D eigenvalue weighted by Gasteiger charge is -2.15. The standard InChI is InChI=1S/C19H25F3N4O3S/c1-5-23-18(24-7-6-17-26-16(11-30-17)19(20,21)22)25-10-13-14(28-3)8-12(27-2)9-15(13)29-4/h8-9,11H,5-7,10H2,1-4H3,(H2,23,24,25). The molecule has 1 heterocycles. The van der Waals surface area contributed by atoms with Crippen LogP contribution in [0.2, 0.25) is 0 Å². The molecule has 0 unspecified atom stereocenters. The Kier molecular flexibility index (Phi) is 8.58. The molecule has 30 heavy (non-hydrogen) atoms. The highest BCUT2D eigenvalue weighted by molar-refractivity contribution is 7.09. The number of methoxy groups -OCH3 is 3. The van der Waals surface area contributed by atoms with Gasteiger partial charge in [-0.1, -0.05) is 0 Å². The average molecular weight is 446 g/mol. The number of hydrogen-bond acceptors (Lipinski definition) is 6. The molecule has 7 nitrogen and oxygen atoms in total. The van der Waals surface area contributed by atoms with Crippen molar-refractivity contribution in [1.82, 2.24) is 15.6 Å². The molecule has 0 aliphatic rings. The fourth-order valence-corrected chi connectivity index (χ4v) is 3.38. The summed E-state index contributed by atoms with van der Waals surface area (Å²) in [6.45, 7) is 3.19. The first-order valence-corrected chi connectivity index (χ1v) is 10.0. The number of aliphatic imine (C=N–C) groups is 1. The smallest absolute Gasteiger partial charge is 0.434 e. The Morgan fingerprint density at radius 1 is 1.10 bits per heavy atom. The number of rotatable bonds is 9. The minimum atomic E-state index is -4.42. The molecule has 2 N–H and O–H groups in total. The summed E-state index contributed by atoms with van der Waals surface area (Å²) in [4.78, 5) is 8.16. The number of thiazole rings is 1. The molecule has 0 amide bonds. The fourth-order valence-electron chi connectivity index (χ4n) is 2.58. The van der Waals surface area contributed by atoms with E-state index in [9.17, 15) is 13.2 Å². The summed E-state index contributed by atoms with van der Waals surface area (Å²) in [5, 5.41) is 7.64. The third-order valence-corrected chi connectivity index (χ3v) is 4.94. The highest BCUT2D eigenvalue weighted by atomic mass is 32.1. The van der Waals surface area contributed by atoms with Gasteiger partial charge < -0.3 is 24.8 Å². The molecule has 11 heteroatoms. The first-order chi connectivity index (χ1) is 14.3. The topological polar surface area (TPSA) is 77.0 Å². The quantitative estimate of drug-likeness (QED) is 0.454. The lowest BCUT2D eigenvalue weighted by atomic mass is 10.1. The van der Waals surface area contributed by atoms with Crippen LogP contribution in [0.3, 0.4) is 0 Å². The number of hydrogen-bond donors (Lipinski definition) is 2. The van der Waals surface area contributed by atoms with Gasteiger partial charge in [-0.05, 0) is 6.92 Å². The van der Waals surface area contributed by atoms with Gasteiger partial charge in [-0.15, -0.1) is 11.3 Å². The molecule has 1 aromatic heterocycles. The van der Waals surface area contributed by atoms with Gasteiger partial charge in [0.2, 0.25) is 0 Å². The highest BCUT2D eigenvalue weighted by Crippen LogP contribution is 2.34. The fraction of sp³-hybridized carbons (Fsp3) is 0.474.